The Kier molecular flexibility index (Phi) is 3.66. The first-order valence-electron chi connectivity index (χ1n) is 6.42. The number of carbonyl (C=O) groups is 2. The number of nitrogens with one attached hydrogen (secondary N) is 1. The van der Waals surface area contributed by atoms with Crippen LogP contribution in [0.1, 0.15) is 43.0 Å². The van der Waals surface area contributed by atoms with Crippen LogP contribution >= 0.6 is 0 Å². The van der Waals surface area contributed by atoms with Crippen molar-refractivity contribution in [3.8, 4) is 6.07 Å². The van der Waals surface area contributed by atoms with Crippen LogP contribution < -0.4 is 5.32 Å². The molecule has 19 heavy (non-hydrogen) atoms. The molecule has 1 amide bonds. The number of anilines is 1. The number of Topliss-reactive ketones (excluding diaryl/α,β-unsaturated/α-hetero) is 1. The van der Waals surface area contributed by atoms with Crippen molar-refractivity contribution in [1.82, 2.24) is 0 Å². The molecule has 1 aliphatic rings. The van der Waals surface area contributed by atoms with Gasteiger partial charge in [0.15, 0.2) is 5.78 Å². The third kappa shape index (κ3) is 2.50. The maximum atomic E-state index is 12.3. The number of amides is 1. The molecule has 4 heteroatoms. The van der Waals surface area contributed by atoms with E-state index in [-0.39, 0.29) is 11.7 Å². The molecular weight excluding hydrogens is 240 g/mol. The quantitative estimate of drug-likeness (QED) is 0.845. The van der Waals surface area contributed by atoms with Crippen molar-refractivity contribution in [2.75, 3.05) is 5.32 Å². The summed E-state index contributed by atoms with van der Waals surface area (Å²) in [6.07, 6.45) is 2.99. The van der Waals surface area contributed by atoms with E-state index >= 15 is 0 Å². The number of rotatable bonds is 3. The van der Waals surface area contributed by atoms with Crippen LogP contribution in [0.2, 0.25) is 0 Å². The maximum absolute atomic E-state index is 12.3. The molecule has 2 rings (SSSR count). The Labute approximate surface area is 112 Å². The van der Waals surface area contributed by atoms with Crippen LogP contribution in [0.25, 0.3) is 0 Å². The average molecular weight is 256 g/mol. The smallest absolute Gasteiger partial charge is 0.244 e. The van der Waals surface area contributed by atoms with Gasteiger partial charge in [0.25, 0.3) is 0 Å². The molecule has 1 fully saturated rings. The lowest BCUT2D eigenvalue weighted by molar-refractivity contribution is -0.122. The van der Waals surface area contributed by atoms with E-state index in [1.54, 1.807) is 24.3 Å². The van der Waals surface area contributed by atoms with E-state index in [4.69, 9.17) is 0 Å². The second-order valence-electron chi connectivity index (χ2n) is 4.96. The zero-order valence-electron chi connectivity index (χ0n) is 10.9. The van der Waals surface area contributed by atoms with Gasteiger partial charge in [-0.15, -0.1) is 0 Å². The van der Waals surface area contributed by atoms with Crippen molar-refractivity contribution in [3.63, 3.8) is 0 Å². The predicted octanol–water partition coefficient (Wildman–Crippen LogP) is 2.91. The number of hydrogen-bond donors (Lipinski definition) is 1. The molecular formula is C15H16N2O2. The van der Waals surface area contributed by atoms with Crippen LogP contribution in [-0.2, 0) is 4.79 Å². The van der Waals surface area contributed by atoms with Crippen molar-refractivity contribution in [2.24, 2.45) is 5.41 Å². The molecule has 1 saturated carbocycles. The monoisotopic (exact) mass is 256 g/mol. The Morgan fingerprint density at radius 2 is 1.89 bits per heavy atom. The van der Waals surface area contributed by atoms with Crippen molar-refractivity contribution >= 4 is 17.4 Å². The topological polar surface area (TPSA) is 70.0 Å². The number of carbonyl (C=O) groups excluding carboxylic acids is 2. The second kappa shape index (κ2) is 5.23. The highest BCUT2D eigenvalue weighted by Crippen LogP contribution is 2.38. The lowest BCUT2D eigenvalue weighted by Gasteiger charge is -2.20. The summed E-state index contributed by atoms with van der Waals surface area (Å²) in [4.78, 5) is 23.8. The largest absolute Gasteiger partial charge is 0.324 e. The van der Waals surface area contributed by atoms with Gasteiger partial charge in [-0.2, -0.15) is 5.26 Å². The van der Waals surface area contributed by atoms with E-state index in [2.05, 4.69) is 11.4 Å². The fourth-order valence-corrected chi connectivity index (χ4v) is 2.51. The molecule has 0 radical (unpaired) electrons. The maximum Gasteiger partial charge on any atom is 0.244 e. The van der Waals surface area contributed by atoms with Crippen molar-refractivity contribution < 1.29 is 9.59 Å². The van der Waals surface area contributed by atoms with Crippen molar-refractivity contribution in [1.29, 1.82) is 5.26 Å². The lowest BCUT2D eigenvalue weighted by Crippen LogP contribution is -2.32. The highest BCUT2D eigenvalue weighted by atomic mass is 16.2. The van der Waals surface area contributed by atoms with Gasteiger partial charge >= 0.3 is 0 Å². The summed E-state index contributed by atoms with van der Waals surface area (Å²) in [5, 5.41) is 12.0. The molecule has 0 aromatic heterocycles. The summed E-state index contributed by atoms with van der Waals surface area (Å²) in [6.45, 7) is 1.46. The standard InChI is InChI=1S/C15H16N2O2/c1-11(18)12-6-2-3-7-13(12)17-14(19)15(10-16)8-4-5-9-15/h2-3,6-7H,4-5,8-9H2,1H3,(H,17,19). The van der Waals surface area contributed by atoms with Gasteiger partial charge in [-0.3, -0.25) is 9.59 Å². The van der Waals surface area contributed by atoms with Crippen LogP contribution in [0.4, 0.5) is 5.69 Å². The first-order chi connectivity index (χ1) is 9.09. The minimum absolute atomic E-state index is 0.103. The number of hydrogen-bond acceptors (Lipinski definition) is 3. The highest BCUT2D eigenvalue weighted by molar-refractivity contribution is 6.05. The Morgan fingerprint density at radius 3 is 2.47 bits per heavy atom. The van der Waals surface area contributed by atoms with Gasteiger partial charge in [0.05, 0.1) is 11.8 Å². The summed E-state index contributed by atoms with van der Waals surface area (Å²) in [5.74, 6) is -0.394. The van der Waals surface area contributed by atoms with E-state index < -0.39 is 5.41 Å². The van der Waals surface area contributed by atoms with Crippen LogP contribution in [-0.4, -0.2) is 11.7 Å². The second-order valence-corrected chi connectivity index (χ2v) is 4.96. The molecule has 4 nitrogen and oxygen atoms in total. The number of para-hydroxylation sites is 1. The van der Waals surface area contributed by atoms with E-state index in [0.29, 0.717) is 24.1 Å². The first-order valence-corrected chi connectivity index (χ1v) is 6.42. The molecule has 0 unspecified atom stereocenters. The third-order valence-electron chi connectivity index (χ3n) is 3.66. The van der Waals surface area contributed by atoms with Crippen LogP contribution in [0.3, 0.4) is 0 Å². The van der Waals surface area contributed by atoms with E-state index in [1.165, 1.54) is 6.92 Å². The SMILES string of the molecule is CC(=O)c1ccccc1NC(=O)C1(C#N)CCCC1. The van der Waals surface area contributed by atoms with Gasteiger partial charge in [-0.05, 0) is 31.9 Å². The molecule has 0 aliphatic heterocycles. The van der Waals surface area contributed by atoms with Crippen molar-refractivity contribution in [3.05, 3.63) is 29.8 Å². The zero-order chi connectivity index (χ0) is 13.9. The summed E-state index contributed by atoms with van der Waals surface area (Å²) < 4.78 is 0. The molecule has 1 aromatic rings. The molecule has 0 heterocycles. The number of nitrogens with zero attached hydrogens (tertiary/aromatic N) is 1. The Balaban J connectivity index is 2.25. The lowest BCUT2D eigenvalue weighted by atomic mass is 9.87. The minimum Gasteiger partial charge on any atom is -0.324 e. The van der Waals surface area contributed by atoms with Gasteiger partial charge in [-0.25, -0.2) is 0 Å². The third-order valence-corrected chi connectivity index (χ3v) is 3.66. The molecule has 98 valence electrons. The van der Waals surface area contributed by atoms with Gasteiger partial charge in [0, 0.05) is 5.56 Å². The van der Waals surface area contributed by atoms with Crippen molar-refractivity contribution in [2.45, 2.75) is 32.6 Å². The van der Waals surface area contributed by atoms with Gasteiger partial charge in [0.1, 0.15) is 5.41 Å². The Hall–Kier alpha value is -2.15. The van der Waals surface area contributed by atoms with Gasteiger partial charge in [0.2, 0.25) is 5.91 Å². The fourth-order valence-electron chi connectivity index (χ4n) is 2.51. The molecule has 0 bridgehead atoms. The summed E-state index contributed by atoms with van der Waals surface area (Å²) >= 11 is 0. The van der Waals surface area contributed by atoms with Gasteiger partial charge < -0.3 is 5.32 Å². The Morgan fingerprint density at radius 1 is 1.26 bits per heavy atom. The first kappa shape index (κ1) is 13.3. The van der Waals surface area contributed by atoms with Gasteiger partial charge in [-0.1, -0.05) is 25.0 Å². The predicted molar refractivity (Wildman–Crippen MR) is 71.6 cm³/mol. The fraction of sp³-hybridized carbons (Fsp3) is 0.400. The summed E-state index contributed by atoms with van der Waals surface area (Å²) in [6, 6.07) is 9.02. The number of nitriles is 1. The van der Waals surface area contributed by atoms with Crippen LogP contribution in [0.5, 0.6) is 0 Å². The molecule has 1 aromatic carbocycles. The van der Waals surface area contributed by atoms with Crippen LogP contribution in [0.15, 0.2) is 24.3 Å². The van der Waals surface area contributed by atoms with E-state index in [1.807, 2.05) is 0 Å². The van der Waals surface area contributed by atoms with E-state index in [0.717, 1.165) is 12.8 Å². The summed E-state index contributed by atoms with van der Waals surface area (Å²) in [7, 11) is 0. The molecule has 0 spiro atoms. The molecule has 1 aliphatic carbocycles. The normalized spacial score (nSPS) is 16.6. The number of benzene rings is 1. The summed E-state index contributed by atoms with van der Waals surface area (Å²) in [5.41, 5.74) is 0.0349. The Bertz CT molecular complexity index is 552. The zero-order valence-corrected chi connectivity index (χ0v) is 10.9. The average Bonchev–Trinajstić information content (AvgIpc) is 2.89. The minimum atomic E-state index is -0.927. The highest BCUT2D eigenvalue weighted by Gasteiger charge is 2.41. The molecule has 0 atom stereocenters. The number of ketones is 1. The molecule has 0 saturated heterocycles. The van der Waals surface area contributed by atoms with Crippen LogP contribution in [0, 0.1) is 16.7 Å². The van der Waals surface area contributed by atoms with E-state index in [9.17, 15) is 14.9 Å². The molecule has 1 N–H and O–H groups in total.